The van der Waals surface area contributed by atoms with Crippen molar-refractivity contribution in [3.05, 3.63) is 81.6 Å². The standard InChI is InChI=1S/C20H19BrN2/c1-14-6-4-9-20(10-14)23-15(2)11-17(16(23)3)13-22-19-8-5-7-18(21)12-19/h4-13H,1-3H3. The summed E-state index contributed by atoms with van der Waals surface area (Å²) in [4.78, 5) is 4.60. The summed E-state index contributed by atoms with van der Waals surface area (Å²) in [7, 11) is 0. The second-order valence-electron chi connectivity index (χ2n) is 5.74. The zero-order valence-corrected chi connectivity index (χ0v) is 15.1. The van der Waals surface area contributed by atoms with Gasteiger partial charge in [-0.2, -0.15) is 0 Å². The lowest BCUT2D eigenvalue weighted by atomic mass is 10.2. The Morgan fingerprint density at radius 3 is 2.48 bits per heavy atom. The van der Waals surface area contributed by atoms with Crippen molar-refractivity contribution < 1.29 is 0 Å². The van der Waals surface area contributed by atoms with Gasteiger partial charge in [0.15, 0.2) is 0 Å². The van der Waals surface area contributed by atoms with E-state index in [0.717, 1.165) is 15.7 Å². The molecule has 1 aromatic heterocycles. The third kappa shape index (κ3) is 3.45. The zero-order chi connectivity index (χ0) is 16.4. The summed E-state index contributed by atoms with van der Waals surface area (Å²) < 4.78 is 3.31. The quantitative estimate of drug-likeness (QED) is 0.512. The predicted octanol–water partition coefficient (Wildman–Crippen LogP) is 5.92. The number of halogens is 1. The fourth-order valence-electron chi connectivity index (χ4n) is 2.78. The molecule has 2 nitrogen and oxygen atoms in total. The minimum absolute atomic E-state index is 0.944. The predicted molar refractivity (Wildman–Crippen MR) is 101 cm³/mol. The Bertz CT molecular complexity index is 875. The average Bonchev–Trinajstić information content (AvgIpc) is 2.79. The number of hydrogen-bond acceptors (Lipinski definition) is 1. The van der Waals surface area contributed by atoms with E-state index >= 15 is 0 Å². The second-order valence-corrected chi connectivity index (χ2v) is 6.65. The van der Waals surface area contributed by atoms with E-state index in [9.17, 15) is 0 Å². The van der Waals surface area contributed by atoms with Crippen molar-refractivity contribution in [1.82, 2.24) is 4.57 Å². The number of aromatic nitrogens is 1. The lowest BCUT2D eigenvalue weighted by Gasteiger charge is -2.10. The minimum atomic E-state index is 0.944. The summed E-state index contributed by atoms with van der Waals surface area (Å²) >= 11 is 3.48. The van der Waals surface area contributed by atoms with Crippen LogP contribution < -0.4 is 0 Å². The molecule has 0 aliphatic carbocycles. The van der Waals surface area contributed by atoms with Crippen molar-refractivity contribution in [2.24, 2.45) is 4.99 Å². The van der Waals surface area contributed by atoms with Crippen LogP contribution in [0.4, 0.5) is 5.69 Å². The lowest BCUT2D eigenvalue weighted by molar-refractivity contribution is 0.963. The SMILES string of the molecule is Cc1cccc(-n2c(C)cc(C=Nc3cccc(Br)c3)c2C)c1. The molecule has 0 bridgehead atoms. The highest BCUT2D eigenvalue weighted by Crippen LogP contribution is 2.22. The van der Waals surface area contributed by atoms with E-state index < -0.39 is 0 Å². The Kier molecular flexibility index (Phi) is 4.49. The summed E-state index contributed by atoms with van der Waals surface area (Å²) in [5.41, 5.74) is 6.96. The maximum Gasteiger partial charge on any atom is 0.0641 e. The summed E-state index contributed by atoms with van der Waals surface area (Å²) in [6, 6.07) is 18.7. The van der Waals surface area contributed by atoms with Crippen LogP contribution in [0.1, 0.15) is 22.5 Å². The van der Waals surface area contributed by atoms with E-state index in [-0.39, 0.29) is 0 Å². The van der Waals surface area contributed by atoms with E-state index in [4.69, 9.17) is 0 Å². The maximum absolute atomic E-state index is 4.60. The maximum atomic E-state index is 4.60. The van der Waals surface area contributed by atoms with Crippen molar-refractivity contribution in [3.63, 3.8) is 0 Å². The van der Waals surface area contributed by atoms with Crippen LogP contribution in [0.15, 0.2) is 64.1 Å². The molecule has 0 aliphatic rings. The molecular formula is C20H19BrN2. The molecule has 3 rings (SSSR count). The molecule has 0 atom stereocenters. The summed E-state index contributed by atoms with van der Waals surface area (Å²) in [5, 5.41) is 0. The molecule has 0 spiro atoms. The van der Waals surface area contributed by atoms with Gasteiger partial charge in [0.25, 0.3) is 0 Å². The van der Waals surface area contributed by atoms with Crippen LogP contribution in [0.25, 0.3) is 5.69 Å². The number of aliphatic imine (C=N–C) groups is 1. The van der Waals surface area contributed by atoms with Gasteiger partial charge in [-0.3, -0.25) is 4.99 Å². The van der Waals surface area contributed by atoms with Gasteiger partial charge in [-0.25, -0.2) is 0 Å². The van der Waals surface area contributed by atoms with E-state index in [1.165, 1.54) is 22.6 Å². The molecule has 3 heteroatoms. The normalized spacial score (nSPS) is 11.3. The number of hydrogen-bond donors (Lipinski definition) is 0. The molecule has 0 amide bonds. The molecule has 1 heterocycles. The Balaban J connectivity index is 1.98. The van der Waals surface area contributed by atoms with E-state index in [1.54, 1.807) is 0 Å². The fraction of sp³-hybridized carbons (Fsp3) is 0.150. The zero-order valence-electron chi connectivity index (χ0n) is 13.5. The van der Waals surface area contributed by atoms with Crippen LogP contribution >= 0.6 is 15.9 Å². The third-order valence-electron chi connectivity index (χ3n) is 3.89. The van der Waals surface area contributed by atoms with Gasteiger partial charge in [-0.1, -0.05) is 34.1 Å². The highest BCUT2D eigenvalue weighted by atomic mass is 79.9. The van der Waals surface area contributed by atoms with Gasteiger partial charge in [0.2, 0.25) is 0 Å². The van der Waals surface area contributed by atoms with E-state index in [1.807, 2.05) is 30.5 Å². The van der Waals surface area contributed by atoms with Gasteiger partial charge < -0.3 is 4.57 Å². The number of rotatable bonds is 3. The molecule has 0 saturated carbocycles. The van der Waals surface area contributed by atoms with Gasteiger partial charge in [0, 0.05) is 33.3 Å². The molecule has 23 heavy (non-hydrogen) atoms. The Morgan fingerprint density at radius 1 is 0.957 bits per heavy atom. The monoisotopic (exact) mass is 366 g/mol. The number of aryl methyl sites for hydroxylation is 2. The van der Waals surface area contributed by atoms with Crippen molar-refractivity contribution in [1.29, 1.82) is 0 Å². The molecule has 0 radical (unpaired) electrons. The first-order valence-electron chi connectivity index (χ1n) is 7.60. The van der Waals surface area contributed by atoms with Crippen LogP contribution in [0.2, 0.25) is 0 Å². The molecular weight excluding hydrogens is 348 g/mol. The Hall–Kier alpha value is -2.13. The van der Waals surface area contributed by atoms with Gasteiger partial charge in [0.05, 0.1) is 5.69 Å². The van der Waals surface area contributed by atoms with Crippen LogP contribution in [-0.4, -0.2) is 10.8 Å². The number of benzene rings is 2. The van der Waals surface area contributed by atoms with E-state index in [2.05, 4.69) is 76.6 Å². The fourth-order valence-corrected chi connectivity index (χ4v) is 3.17. The topological polar surface area (TPSA) is 17.3 Å². The minimum Gasteiger partial charge on any atom is -0.318 e. The lowest BCUT2D eigenvalue weighted by Crippen LogP contribution is -1.99. The molecule has 2 aromatic carbocycles. The Labute approximate surface area is 145 Å². The molecule has 0 saturated heterocycles. The second kappa shape index (κ2) is 6.55. The van der Waals surface area contributed by atoms with Crippen LogP contribution in [0.5, 0.6) is 0 Å². The summed E-state index contributed by atoms with van der Waals surface area (Å²) in [5.74, 6) is 0. The molecule has 0 unspecified atom stereocenters. The molecule has 3 aromatic rings. The van der Waals surface area contributed by atoms with E-state index in [0.29, 0.717) is 0 Å². The third-order valence-corrected chi connectivity index (χ3v) is 4.38. The van der Waals surface area contributed by atoms with Gasteiger partial charge >= 0.3 is 0 Å². The van der Waals surface area contributed by atoms with Crippen molar-refractivity contribution in [3.8, 4) is 5.69 Å². The highest BCUT2D eigenvalue weighted by molar-refractivity contribution is 9.10. The first-order valence-corrected chi connectivity index (χ1v) is 8.39. The average molecular weight is 367 g/mol. The molecule has 116 valence electrons. The van der Waals surface area contributed by atoms with Gasteiger partial charge in [-0.05, 0) is 62.7 Å². The van der Waals surface area contributed by atoms with Gasteiger partial charge in [0.1, 0.15) is 0 Å². The summed E-state index contributed by atoms with van der Waals surface area (Å²) in [6.45, 7) is 6.39. The highest BCUT2D eigenvalue weighted by Gasteiger charge is 2.09. The van der Waals surface area contributed by atoms with Crippen LogP contribution in [0.3, 0.4) is 0 Å². The van der Waals surface area contributed by atoms with Crippen LogP contribution in [-0.2, 0) is 0 Å². The molecule has 0 aliphatic heterocycles. The van der Waals surface area contributed by atoms with Gasteiger partial charge in [-0.15, -0.1) is 0 Å². The van der Waals surface area contributed by atoms with Crippen LogP contribution in [0, 0.1) is 20.8 Å². The van der Waals surface area contributed by atoms with Crippen molar-refractivity contribution in [2.75, 3.05) is 0 Å². The first kappa shape index (κ1) is 15.8. The molecule has 0 N–H and O–H groups in total. The number of nitrogens with zero attached hydrogens (tertiary/aromatic N) is 2. The van der Waals surface area contributed by atoms with Crippen molar-refractivity contribution in [2.45, 2.75) is 20.8 Å². The summed E-state index contributed by atoms with van der Waals surface area (Å²) in [6.07, 6.45) is 1.94. The first-order chi connectivity index (χ1) is 11.0. The largest absolute Gasteiger partial charge is 0.318 e. The smallest absolute Gasteiger partial charge is 0.0641 e. The molecule has 0 fully saturated rings. The van der Waals surface area contributed by atoms with Crippen molar-refractivity contribution >= 4 is 27.8 Å². The Morgan fingerprint density at radius 2 is 1.74 bits per heavy atom.